The lowest BCUT2D eigenvalue weighted by molar-refractivity contribution is -0.279. The maximum Gasteiger partial charge on any atom is 0.335 e. The van der Waals surface area contributed by atoms with E-state index in [-0.39, 0.29) is 18.1 Å². The largest absolute Gasteiger partial charge is 0.478 e. The molecule has 152 valence electrons. The average Bonchev–Trinajstić information content (AvgIpc) is 3.29. The number of hydrogen-bond acceptors (Lipinski definition) is 7. The molecule has 0 saturated carbocycles. The average molecular weight is 415 g/mol. The summed E-state index contributed by atoms with van der Waals surface area (Å²) in [4.78, 5) is 37.1. The molecule has 2 aromatic rings. The van der Waals surface area contributed by atoms with E-state index in [1.54, 1.807) is 36.5 Å². The van der Waals surface area contributed by atoms with E-state index in [0.29, 0.717) is 23.6 Å². The zero-order chi connectivity index (χ0) is 21.0. The van der Waals surface area contributed by atoms with Gasteiger partial charge in [-0.3, -0.25) is 4.79 Å². The number of thiophene rings is 1. The molecule has 1 aliphatic rings. The summed E-state index contributed by atoms with van der Waals surface area (Å²) in [6.45, 7) is 2.18. The van der Waals surface area contributed by atoms with Crippen LogP contribution in [0, 0.1) is 0 Å². The van der Waals surface area contributed by atoms with Gasteiger partial charge < -0.3 is 10.0 Å². The van der Waals surface area contributed by atoms with E-state index in [0.717, 1.165) is 9.88 Å². The third-order valence-corrected chi connectivity index (χ3v) is 5.25. The Labute approximate surface area is 172 Å². The van der Waals surface area contributed by atoms with E-state index in [4.69, 9.17) is 14.9 Å². The maximum atomic E-state index is 13.0. The van der Waals surface area contributed by atoms with Gasteiger partial charge in [0.05, 0.1) is 28.4 Å². The highest BCUT2D eigenvalue weighted by Crippen LogP contribution is 2.30. The molecule has 1 aromatic heterocycles. The Morgan fingerprint density at radius 2 is 1.93 bits per heavy atom. The van der Waals surface area contributed by atoms with Crippen molar-refractivity contribution >= 4 is 45.7 Å². The van der Waals surface area contributed by atoms with Crippen molar-refractivity contribution in [1.82, 2.24) is 0 Å². The first-order valence-corrected chi connectivity index (χ1v) is 9.71. The molecule has 0 bridgehead atoms. The minimum absolute atomic E-state index is 0.0149. The number of rotatable bonds is 8. The van der Waals surface area contributed by atoms with Crippen molar-refractivity contribution in [3.63, 3.8) is 0 Å². The first-order valence-electron chi connectivity index (χ1n) is 8.89. The Morgan fingerprint density at radius 1 is 1.21 bits per heavy atom. The summed E-state index contributed by atoms with van der Waals surface area (Å²) < 4.78 is 0. The smallest absolute Gasteiger partial charge is 0.335 e. The molecule has 1 N–H and O–H groups in total. The van der Waals surface area contributed by atoms with Gasteiger partial charge >= 0.3 is 5.97 Å². The predicted molar refractivity (Wildman–Crippen MR) is 113 cm³/mol. The standard InChI is InChI=1S/C20H21N3O5S/c1-4-27-28-12-17-16(11-15-9-10-18(29-15)22(2)3)19(24)23(21-17)14-7-5-13(6-8-14)20(25)26/h5-11H,4,12H2,1-3H3,(H,25,26). The fourth-order valence-electron chi connectivity index (χ4n) is 2.61. The molecule has 1 aromatic carbocycles. The van der Waals surface area contributed by atoms with Crippen molar-refractivity contribution in [1.29, 1.82) is 0 Å². The number of benzene rings is 1. The summed E-state index contributed by atoms with van der Waals surface area (Å²) in [5, 5.41) is 15.7. The fraction of sp³-hybridized carbons (Fsp3) is 0.250. The zero-order valence-electron chi connectivity index (χ0n) is 16.3. The summed E-state index contributed by atoms with van der Waals surface area (Å²) >= 11 is 1.55. The van der Waals surface area contributed by atoms with Gasteiger partial charge in [-0.2, -0.15) is 10.1 Å². The topological polar surface area (TPSA) is 91.7 Å². The summed E-state index contributed by atoms with van der Waals surface area (Å²) in [7, 11) is 3.91. The molecule has 2 heterocycles. The third kappa shape index (κ3) is 4.70. The Kier molecular flexibility index (Phi) is 6.42. The van der Waals surface area contributed by atoms with Gasteiger partial charge in [-0.15, -0.1) is 11.3 Å². The van der Waals surface area contributed by atoms with Gasteiger partial charge in [0.1, 0.15) is 12.3 Å². The van der Waals surface area contributed by atoms with Crippen LogP contribution >= 0.6 is 11.3 Å². The molecule has 29 heavy (non-hydrogen) atoms. The second-order valence-corrected chi connectivity index (χ2v) is 7.41. The summed E-state index contributed by atoms with van der Waals surface area (Å²) in [5.41, 5.74) is 1.44. The van der Waals surface area contributed by atoms with E-state index in [9.17, 15) is 9.59 Å². The van der Waals surface area contributed by atoms with Crippen LogP contribution in [0.4, 0.5) is 10.7 Å². The lowest BCUT2D eigenvalue weighted by Gasteiger charge is -2.11. The van der Waals surface area contributed by atoms with Gasteiger partial charge in [-0.05, 0) is 49.4 Å². The van der Waals surface area contributed by atoms with Crippen molar-refractivity contribution < 1.29 is 24.5 Å². The van der Waals surface area contributed by atoms with E-state index < -0.39 is 5.97 Å². The van der Waals surface area contributed by atoms with Crippen molar-refractivity contribution in [2.45, 2.75) is 6.92 Å². The number of carbonyl (C=O) groups is 2. The van der Waals surface area contributed by atoms with Crippen LogP contribution in [-0.4, -0.2) is 50.0 Å². The number of nitrogens with zero attached hydrogens (tertiary/aromatic N) is 3. The number of anilines is 2. The molecule has 1 amide bonds. The number of aromatic carboxylic acids is 1. The van der Waals surface area contributed by atoms with Crippen LogP contribution in [0.1, 0.15) is 22.2 Å². The number of hydrazone groups is 1. The molecule has 0 unspecified atom stereocenters. The molecule has 8 nitrogen and oxygen atoms in total. The molecule has 0 spiro atoms. The van der Waals surface area contributed by atoms with Gasteiger partial charge in [-0.25, -0.2) is 14.6 Å². The number of carboxylic acid groups (broad SMARTS) is 1. The summed E-state index contributed by atoms with van der Waals surface area (Å²) in [6, 6.07) is 9.87. The van der Waals surface area contributed by atoms with Crippen molar-refractivity contribution in [2.24, 2.45) is 5.10 Å². The molecule has 0 saturated heterocycles. The minimum atomic E-state index is -1.03. The fourth-order valence-corrected chi connectivity index (χ4v) is 3.49. The van der Waals surface area contributed by atoms with Gasteiger partial charge in [0.25, 0.3) is 5.91 Å². The van der Waals surface area contributed by atoms with E-state index in [1.807, 2.05) is 31.1 Å². The van der Waals surface area contributed by atoms with E-state index in [1.165, 1.54) is 17.1 Å². The summed E-state index contributed by atoms with van der Waals surface area (Å²) in [6.07, 6.45) is 1.78. The predicted octanol–water partition coefficient (Wildman–Crippen LogP) is 3.27. The Bertz CT molecular complexity index is 963. The molecular weight excluding hydrogens is 394 g/mol. The second-order valence-electron chi connectivity index (χ2n) is 6.31. The SMILES string of the molecule is CCOOCC1=NN(c2ccc(C(=O)O)cc2)C(=O)C1=Cc1ccc(N(C)C)s1. The first-order chi connectivity index (χ1) is 13.9. The first kappa shape index (κ1) is 20.7. The Balaban J connectivity index is 1.92. The second kappa shape index (κ2) is 8.99. The molecule has 0 aliphatic carbocycles. The molecule has 0 fully saturated rings. The summed E-state index contributed by atoms with van der Waals surface area (Å²) in [5.74, 6) is -1.35. The van der Waals surface area contributed by atoms with Gasteiger partial charge in [0, 0.05) is 19.0 Å². The van der Waals surface area contributed by atoms with Crippen LogP contribution < -0.4 is 9.91 Å². The molecule has 1 aliphatic heterocycles. The Hall–Kier alpha value is -3.01. The number of amides is 1. The lowest BCUT2D eigenvalue weighted by Crippen LogP contribution is -2.21. The van der Waals surface area contributed by atoms with Gasteiger partial charge in [0.15, 0.2) is 0 Å². The highest BCUT2D eigenvalue weighted by molar-refractivity contribution is 7.17. The van der Waals surface area contributed by atoms with Crippen molar-refractivity contribution in [3.05, 3.63) is 52.4 Å². The minimum Gasteiger partial charge on any atom is -0.478 e. The van der Waals surface area contributed by atoms with E-state index >= 15 is 0 Å². The van der Waals surface area contributed by atoms with Crippen molar-refractivity contribution in [2.75, 3.05) is 37.2 Å². The highest BCUT2D eigenvalue weighted by Gasteiger charge is 2.31. The van der Waals surface area contributed by atoms with Crippen LogP contribution in [-0.2, 0) is 14.6 Å². The van der Waals surface area contributed by atoms with Crippen LogP contribution in [0.5, 0.6) is 0 Å². The Morgan fingerprint density at radius 3 is 2.52 bits per heavy atom. The maximum absolute atomic E-state index is 13.0. The van der Waals surface area contributed by atoms with Gasteiger partial charge in [-0.1, -0.05) is 0 Å². The molecule has 3 rings (SSSR count). The monoisotopic (exact) mass is 415 g/mol. The quantitative estimate of drug-likeness (QED) is 0.308. The molecule has 9 heteroatoms. The molecule has 0 radical (unpaired) electrons. The normalized spacial score (nSPS) is 15.1. The van der Waals surface area contributed by atoms with Crippen LogP contribution in [0.25, 0.3) is 6.08 Å². The number of hydrogen-bond donors (Lipinski definition) is 1. The van der Waals surface area contributed by atoms with Crippen LogP contribution in [0.2, 0.25) is 0 Å². The third-order valence-electron chi connectivity index (χ3n) is 4.05. The van der Waals surface area contributed by atoms with Gasteiger partial charge in [0.2, 0.25) is 0 Å². The molecule has 0 atom stereocenters. The molecular formula is C20H21N3O5S. The lowest BCUT2D eigenvalue weighted by atomic mass is 10.1. The zero-order valence-corrected chi connectivity index (χ0v) is 17.1. The van der Waals surface area contributed by atoms with Crippen LogP contribution in [0.3, 0.4) is 0 Å². The highest BCUT2D eigenvalue weighted by atomic mass is 32.1. The number of carboxylic acids is 1. The van der Waals surface area contributed by atoms with Crippen LogP contribution in [0.15, 0.2) is 47.1 Å². The number of carbonyl (C=O) groups excluding carboxylic acids is 1. The van der Waals surface area contributed by atoms with Crippen molar-refractivity contribution in [3.8, 4) is 0 Å². The van der Waals surface area contributed by atoms with E-state index in [2.05, 4.69) is 5.10 Å².